The molecule has 0 aliphatic carbocycles. The highest BCUT2D eigenvalue weighted by molar-refractivity contribution is 5.68. The lowest BCUT2D eigenvalue weighted by atomic mass is 9.97. The summed E-state index contributed by atoms with van der Waals surface area (Å²) in [5.41, 5.74) is 3.47. The van der Waals surface area contributed by atoms with E-state index in [2.05, 4.69) is 19.9 Å². The molecule has 0 saturated carbocycles. The van der Waals surface area contributed by atoms with E-state index in [0.29, 0.717) is 0 Å². The van der Waals surface area contributed by atoms with Gasteiger partial charge in [0.2, 0.25) is 0 Å². The lowest BCUT2D eigenvalue weighted by Crippen LogP contribution is -2.24. The first kappa shape index (κ1) is 17.7. The normalized spacial score (nSPS) is 10.8. The molecule has 0 bridgehead atoms. The molecule has 0 fully saturated rings. The van der Waals surface area contributed by atoms with E-state index in [1.807, 2.05) is 12.1 Å². The van der Waals surface area contributed by atoms with Gasteiger partial charge in [0.1, 0.15) is 0 Å². The van der Waals surface area contributed by atoms with Gasteiger partial charge in [-0.15, -0.1) is 0 Å². The zero-order chi connectivity index (χ0) is 15.5. The molecule has 118 valence electrons. The fraction of sp³-hybridized carbons (Fsp3) is 0.632. The van der Waals surface area contributed by atoms with Crippen LogP contribution in [0.3, 0.4) is 0 Å². The summed E-state index contributed by atoms with van der Waals surface area (Å²) in [7, 11) is 0. The molecule has 0 spiro atoms. The van der Waals surface area contributed by atoms with Gasteiger partial charge in [-0.1, -0.05) is 64.2 Å². The molecule has 0 aromatic heterocycles. The lowest BCUT2D eigenvalue weighted by molar-refractivity contribution is -0.304. The zero-order valence-corrected chi connectivity index (χ0v) is 13.6. The molecular formula is C19H29O2-. The van der Waals surface area contributed by atoms with Gasteiger partial charge < -0.3 is 9.90 Å². The first-order valence-electron chi connectivity index (χ1n) is 8.47. The third-order valence-electron chi connectivity index (χ3n) is 3.85. The van der Waals surface area contributed by atoms with Gasteiger partial charge in [0.05, 0.1) is 0 Å². The van der Waals surface area contributed by atoms with Gasteiger partial charge in [0.15, 0.2) is 0 Å². The summed E-state index contributed by atoms with van der Waals surface area (Å²) in [5.74, 6) is -0.988. The Morgan fingerprint density at radius 2 is 1.29 bits per heavy atom. The molecule has 0 amide bonds. The van der Waals surface area contributed by atoms with Crippen molar-refractivity contribution in [3.8, 4) is 0 Å². The van der Waals surface area contributed by atoms with Crippen LogP contribution in [0.1, 0.15) is 75.5 Å². The highest BCUT2D eigenvalue weighted by atomic mass is 16.4. The Kier molecular flexibility index (Phi) is 8.80. The number of carbonyl (C=O) groups is 1. The van der Waals surface area contributed by atoms with Crippen molar-refractivity contribution in [3.05, 3.63) is 34.9 Å². The monoisotopic (exact) mass is 289 g/mol. The van der Waals surface area contributed by atoms with Crippen molar-refractivity contribution < 1.29 is 9.90 Å². The van der Waals surface area contributed by atoms with Crippen molar-refractivity contribution in [2.24, 2.45) is 0 Å². The molecule has 0 atom stereocenters. The molecule has 0 heterocycles. The van der Waals surface area contributed by atoms with Crippen LogP contribution in [-0.4, -0.2) is 5.97 Å². The van der Waals surface area contributed by atoms with Crippen LogP contribution in [-0.2, 0) is 24.1 Å². The maximum Gasteiger partial charge on any atom is 0.0458 e. The topological polar surface area (TPSA) is 40.1 Å². The molecule has 0 radical (unpaired) electrons. The number of unbranched alkanes of at least 4 members (excludes halogenated alkanes) is 5. The summed E-state index contributed by atoms with van der Waals surface area (Å²) in [4.78, 5) is 10.8. The minimum absolute atomic E-state index is 0.0313. The molecule has 2 nitrogen and oxygen atoms in total. The van der Waals surface area contributed by atoms with Gasteiger partial charge >= 0.3 is 0 Å². The Balaban J connectivity index is 2.69. The maximum atomic E-state index is 10.8. The minimum atomic E-state index is -0.988. The fourth-order valence-electron chi connectivity index (χ4n) is 2.73. The number of benzene rings is 1. The lowest BCUT2D eigenvalue weighted by Gasteiger charge is -2.11. The smallest absolute Gasteiger partial charge is 0.0458 e. The molecule has 2 heteroatoms. The number of aryl methyl sites for hydroxylation is 2. The van der Waals surface area contributed by atoms with Gasteiger partial charge in [0.25, 0.3) is 0 Å². The van der Waals surface area contributed by atoms with Crippen molar-refractivity contribution >= 4 is 5.97 Å². The Hall–Kier alpha value is -1.31. The number of rotatable bonds is 11. The number of carboxylic acid groups (broad SMARTS) is 1. The van der Waals surface area contributed by atoms with E-state index >= 15 is 0 Å². The molecule has 0 aliphatic rings. The van der Waals surface area contributed by atoms with Crippen LogP contribution in [0.15, 0.2) is 18.2 Å². The van der Waals surface area contributed by atoms with E-state index in [0.717, 1.165) is 18.4 Å². The molecule has 1 aromatic carbocycles. The van der Waals surface area contributed by atoms with Crippen molar-refractivity contribution in [1.29, 1.82) is 0 Å². The van der Waals surface area contributed by atoms with Crippen LogP contribution < -0.4 is 5.11 Å². The summed E-state index contributed by atoms with van der Waals surface area (Å²) in [6.07, 6.45) is 10.7. The summed E-state index contributed by atoms with van der Waals surface area (Å²) in [6.45, 7) is 4.41. The predicted octanol–water partition coefficient (Wildman–Crippen LogP) is 3.83. The second-order valence-electron chi connectivity index (χ2n) is 5.97. The van der Waals surface area contributed by atoms with Crippen LogP contribution in [0.2, 0.25) is 0 Å². The number of hydrogen-bond acceptors (Lipinski definition) is 2. The molecular weight excluding hydrogens is 260 g/mol. The molecule has 0 saturated heterocycles. The standard InChI is InChI=1S/C19H30O2/c1-3-5-7-9-11-17-12-16(10-8-6-4-2)13-18(14-17)15-19(20)21/h12-14H,3-11,15H2,1-2H3,(H,20,21)/p-1. The van der Waals surface area contributed by atoms with Crippen LogP contribution in [0.4, 0.5) is 0 Å². The van der Waals surface area contributed by atoms with Crippen LogP contribution in [0.25, 0.3) is 0 Å². The number of aliphatic carboxylic acids is 1. The molecule has 0 N–H and O–H groups in total. The van der Waals surface area contributed by atoms with Crippen LogP contribution in [0, 0.1) is 0 Å². The van der Waals surface area contributed by atoms with E-state index in [9.17, 15) is 9.90 Å². The summed E-state index contributed by atoms with van der Waals surface area (Å²) >= 11 is 0. The van der Waals surface area contributed by atoms with E-state index in [1.54, 1.807) is 0 Å². The fourth-order valence-corrected chi connectivity index (χ4v) is 2.73. The predicted molar refractivity (Wildman–Crippen MR) is 86.2 cm³/mol. The summed E-state index contributed by atoms with van der Waals surface area (Å²) < 4.78 is 0. The van der Waals surface area contributed by atoms with Crippen molar-refractivity contribution in [2.45, 2.75) is 78.1 Å². The highest BCUT2D eigenvalue weighted by Crippen LogP contribution is 2.16. The Morgan fingerprint density at radius 1 is 0.810 bits per heavy atom. The van der Waals surface area contributed by atoms with Crippen LogP contribution in [0.5, 0.6) is 0 Å². The van der Waals surface area contributed by atoms with Gasteiger partial charge in [-0.2, -0.15) is 0 Å². The molecule has 0 aliphatic heterocycles. The largest absolute Gasteiger partial charge is 0.550 e. The second-order valence-corrected chi connectivity index (χ2v) is 5.97. The third kappa shape index (κ3) is 7.89. The first-order valence-corrected chi connectivity index (χ1v) is 8.47. The molecule has 1 aromatic rings. The van der Waals surface area contributed by atoms with Gasteiger partial charge in [0, 0.05) is 12.4 Å². The molecule has 1 rings (SSSR count). The SMILES string of the molecule is CCCCCCc1cc(CCCCC)cc(CC(=O)[O-])c1. The molecule has 0 unspecified atom stereocenters. The van der Waals surface area contributed by atoms with E-state index in [1.165, 1.54) is 56.1 Å². The summed E-state index contributed by atoms with van der Waals surface area (Å²) in [6, 6.07) is 6.35. The number of carbonyl (C=O) groups excluding carboxylic acids is 1. The summed E-state index contributed by atoms with van der Waals surface area (Å²) in [5, 5.41) is 10.8. The first-order chi connectivity index (χ1) is 10.2. The quantitative estimate of drug-likeness (QED) is 0.581. The second kappa shape index (κ2) is 10.4. The van der Waals surface area contributed by atoms with Crippen molar-refractivity contribution in [3.63, 3.8) is 0 Å². The number of carboxylic acids is 1. The van der Waals surface area contributed by atoms with Gasteiger partial charge in [-0.05, 0) is 42.4 Å². The van der Waals surface area contributed by atoms with Crippen LogP contribution >= 0.6 is 0 Å². The van der Waals surface area contributed by atoms with Crippen molar-refractivity contribution in [2.75, 3.05) is 0 Å². The molecule has 21 heavy (non-hydrogen) atoms. The number of hydrogen-bond donors (Lipinski definition) is 0. The van der Waals surface area contributed by atoms with E-state index in [4.69, 9.17) is 0 Å². The Labute approximate surface area is 129 Å². The Morgan fingerprint density at radius 3 is 1.81 bits per heavy atom. The van der Waals surface area contributed by atoms with Crippen molar-refractivity contribution in [1.82, 2.24) is 0 Å². The minimum Gasteiger partial charge on any atom is -0.550 e. The van der Waals surface area contributed by atoms with Gasteiger partial charge in [-0.25, -0.2) is 0 Å². The van der Waals surface area contributed by atoms with E-state index in [-0.39, 0.29) is 6.42 Å². The van der Waals surface area contributed by atoms with Gasteiger partial charge in [-0.3, -0.25) is 0 Å². The zero-order valence-electron chi connectivity index (χ0n) is 13.6. The Bertz CT molecular complexity index is 424. The van der Waals surface area contributed by atoms with E-state index < -0.39 is 5.97 Å². The maximum absolute atomic E-state index is 10.8. The average Bonchev–Trinajstić information content (AvgIpc) is 2.43. The average molecular weight is 289 g/mol. The third-order valence-corrected chi connectivity index (χ3v) is 3.85. The highest BCUT2D eigenvalue weighted by Gasteiger charge is 2.03.